The van der Waals surface area contributed by atoms with Crippen LogP contribution in [0, 0.1) is 6.92 Å². The number of benzene rings is 2. The van der Waals surface area contributed by atoms with Crippen LogP contribution in [0.25, 0.3) is 11.8 Å². The molecule has 3 heteroatoms. The van der Waals surface area contributed by atoms with Gasteiger partial charge in [0.15, 0.2) is 0 Å². The lowest BCUT2D eigenvalue weighted by molar-refractivity contribution is -0.130. The van der Waals surface area contributed by atoms with Crippen molar-refractivity contribution in [1.82, 2.24) is 0 Å². The molecular weight excluding hydrogens is 284 g/mol. The van der Waals surface area contributed by atoms with Gasteiger partial charge in [0.25, 0.3) is 0 Å². The lowest BCUT2D eigenvalue weighted by atomic mass is 10.1. The van der Waals surface area contributed by atoms with Gasteiger partial charge in [-0.2, -0.15) is 0 Å². The van der Waals surface area contributed by atoms with E-state index in [1.165, 1.54) is 5.56 Å². The molecule has 0 radical (unpaired) electrons. The second kappa shape index (κ2) is 5.58. The van der Waals surface area contributed by atoms with Crippen molar-refractivity contribution in [1.29, 1.82) is 0 Å². The lowest BCUT2D eigenvalue weighted by Gasteiger charge is -2.01. The average molecular weight is 297 g/mol. The van der Waals surface area contributed by atoms with Crippen LogP contribution in [0.3, 0.4) is 0 Å². The zero-order valence-electron chi connectivity index (χ0n) is 11.5. The van der Waals surface area contributed by atoms with Gasteiger partial charge in [-0.15, -0.1) is 0 Å². The maximum atomic E-state index is 11.9. The fourth-order valence-corrected chi connectivity index (χ4v) is 2.21. The molecule has 0 unspecified atom stereocenters. The number of rotatable bonds is 2. The fraction of sp³-hybridized carbons (Fsp3) is 0.0556. The number of hydrogen-bond acceptors (Lipinski definition) is 2. The number of cyclic esters (lactones) is 1. The van der Waals surface area contributed by atoms with E-state index in [9.17, 15) is 4.79 Å². The Morgan fingerprint density at radius 1 is 1.00 bits per heavy atom. The van der Waals surface area contributed by atoms with E-state index in [-0.39, 0.29) is 5.97 Å². The van der Waals surface area contributed by atoms with Crippen LogP contribution in [-0.2, 0) is 9.53 Å². The third-order valence-electron chi connectivity index (χ3n) is 3.25. The SMILES string of the molecule is Cc1ccc(C2=C/C(=C\c3ccc(Cl)cc3)C(=O)O2)cc1. The van der Waals surface area contributed by atoms with Gasteiger partial charge in [0.1, 0.15) is 5.76 Å². The van der Waals surface area contributed by atoms with Crippen molar-refractivity contribution >= 4 is 29.4 Å². The quantitative estimate of drug-likeness (QED) is 0.596. The Morgan fingerprint density at radius 2 is 1.67 bits per heavy atom. The van der Waals surface area contributed by atoms with Gasteiger partial charge >= 0.3 is 5.97 Å². The van der Waals surface area contributed by atoms with E-state index in [2.05, 4.69) is 0 Å². The zero-order chi connectivity index (χ0) is 14.8. The summed E-state index contributed by atoms with van der Waals surface area (Å²) in [5.74, 6) is 0.251. The molecule has 3 rings (SSSR count). The van der Waals surface area contributed by atoms with Gasteiger partial charge in [-0.05, 0) is 36.8 Å². The van der Waals surface area contributed by atoms with Crippen molar-refractivity contribution in [2.45, 2.75) is 6.92 Å². The molecule has 21 heavy (non-hydrogen) atoms. The number of halogens is 1. The van der Waals surface area contributed by atoms with Crippen LogP contribution < -0.4 is 0 Å². The highest BCUT2D eigenvalue weighted by molar-refractivity contribution is 6.30. The summed E-state index contributed by atoms with van der Waals surface area (Å²) >= 11 is 5.85. The number of carbonyl (C=O) groups is 1. The van der Waals surface area contributed by atoms with Crippen molar-refractivity contribution < 1.29 is 9.53 Å². The molecule has 0 aliphatic carbocycles. The van der Waals surface area contributed by atoms with E-state index in [0.29, 0.717) is 16.4 Å². The maximum absolute atomic E-state index is 11.9. The first-order chi connectivity index (χ1) is 10.1. The van der Waals surface area contributed by atoms with Crippen LogP contribution in [-0.4, -0.2) is 5.97 Å². The molecular formula is C18H13ClO2. The summed E-state index contributed by atoms with van der Waals surface area (Å²) in [5, 5.41) is 0.669. The normalized spacial score (nSPS) is 16.0. The van der Waals surface area contributed by atoms with Gasteiger partial charge in [-0.3, -0.25) is 0 Å². The summed E-state index contributed by atoms with van der Waals surface area (Å²) in [4.78, 5) is 11.9. The standard InChI is InChI=1S/C18H13ClO2/c1-12-2-6-14(7-3-12)17-11-15(18(20)21-17)10-13-4-8-16(19)9-5-13/h2-11H,1H3/b15-10+. The van der Waals surface area contributed by atoms with E-state index in [1.54, 1.807) is 24.3 Å². The summed E-state index contributed by atoms with van der Waals surface area (Å²) in [6.45, 7) is 2.02. The Labute approximate surface area is 128 Å². The van der Waals surface area contributed by atoms with E-state index in [4.69, 9.17) is 16.3 Å². The van der Waals surface area contributed by atoms with Crippen molar-refractivity contribution in [2.24, 2.45) is 0 Å². The monoisotopic (exact) mass is 296 g/mol. The van der Waals surface area contributed by atoms with Crippen LogP contribution in [0.2, 0.25) is 5.02 Å². The van der Waals surface area contributed by atoms with E-state index in [0.717, 1.165) is 11.1 Å². The second-order valence-electron chi connectivity index (χ2n) is 4.92. The Bertz CT molecular complexity index is 738. The third kappa shape index (κ3) is 3.06. The number of esters is 1. The summed E-state index contributed by atoms with van der Waals surface area (Å²) in [7, 11) is 0. The molecule has 104 valence electrons. The average Bonchev–Trinajstić information content (AvgIpc) is 2.83. The van der Waals surface area contributed by atoms with Crippen molar-refractivity contribution in [3.63, 3.8) is 0 Å². The fourth-order valence-electron chi connectivity index (χ4n) is 2.09. The minimum Gasteiger partial charge on any atom is -0.422 e. The Kier molecular flexibility index (Phi) is 3.63. The molecule has 0 saturated carbocycles. The molecule has 1 aliphatic rings. The van der Waals surface area contributed by atoms with Gasteiger partial charge in [0, 0.05) is 10.6 Å². The summed E-state index contributed by atoms with van der Waals surface area (Å²) < 4.78 is 5.32. The maximum Gasteiger partial charge on any atom is 0.343 e. The number of ether oxygens (including phenoxy) is 1. The molecule has 0 amide bonds. The van der Waals surface area contributed by atoms with Crippen molar-refractivity contribution in [2.75, 3.05) is 0 Å². The molecule has 2 nitrogen and oxygen atoms in total. The predicted octanol–water partition coefficient (Wildman–Crippen LogP) is 4.63. The molecule has 0 N–H and O–H groups in total. The first-order valence-electron chi connectivity index (χ1n) is 6.60. The molecule has 1 aliphatic heterocycles. The predicted molar refractivity (Wildman–Crippen MR) is 84.7 cm³/mol. The van der Waals surface area contributed by atoms with Crippen LogP contribution in [0.5, 0.6) is 0 Å². The first-order valence-corrected chi connectivity index (χ1v) is 6.98. The molecule has 0 bridgehead atoms. The van der Waals surface area contributed by atoms with Gasteiger partial charge in [0.05, 0.1) is 5.57 Å². The highest BCUT2D eigenvalue weighted by atomic mass is 35.5. The topological polar surface area (TPSA) is 26.3 Å². The molecule has 2 aromatic rings. The molecule has 0 aromatic heterocycles. The molecule has 0 fully saturated rings. The van der Waals surface area contributed by atoms with Gasteiger partial charge in [0.2, 0.25) is 0 Å². The minimum absolute atomic E-state index is 0.333. The molecule has 0 saturated heterocycles. The zero-order valence-corrected chi connectivity index (χ0v) is 12.2. The number of aryl methyl sites for hydroxylation is 1. The van der Waals surface area contributed by atoms with E-state index < -0.39 is 0 Å². The van der Waals surface area contributed by atoms with Crippen LogP contribution in [0.1, 0.15) is 16.7 Å². The second-order valence-corrected chi connectivity index (χ2v) is 5.35. The van der Waals surface area contributed by atoms with Gasteiger partial charge in [-0.1, -0.05) is 53.6 Å². The molecule has 0 atom stereocenters. The molecule has 1 heterocycles. The van der Waals surface area contributed by atoms with Crippen molar-refractivity contribution in [3.05, 3.63) is 81.9 Å². The minimum atomic E-state index is -0.333. The van der Waals surface area contributed by atoms with Crippen LogP contribution in [0.4, 0.5) is 0 Å². The van der Waals surface area contributed by atoms with E-state index in [1.807, 2.05) is 43.3 Å². The molecule has 0 spiro atoms. The summed E-state index contributed by atoms with van der Waals surface area (Å²) in [6, 6.07) is 15.2. The van der Waals surface area contributed by atoms with Crippen LogP contribution in [0.15, 0.2) is 60.2 Å². The third-order valence-corrected chi connectivity index (χ3v) is 3.51. The Hall–Kier alpha value is -2.32. The molecule has 2 aromatic carbocycles. The number of carbonyl (C=O) groups excluding carboxylic acids is 1. The highest BCUT2D eigenvalue weighted by Crippen LogP contribution is 2.27. The van der Waals surface area contributed by atoms with Crippen molar-refractivity contribution in [3.8, 4) is 0 Å². The highest BCUT2D eigenvalue weighted by Gasteiger charge is 2.21. The Morgan fingerprint density at radius 3 is 2.33 bits per heavy atom. The largest absolute Gasteiger partial charge is 0.422 e. The smallest absolute Gasteiger partial charge is 0.343 e. The summed E-state index contributed by atoms with van der Waals surface area (Å²) in [5.41, 5.74) is 3.51. The Balaban J connectivity index is 1.91. The van der Waals surface area contributed by atoms with Gasteiger partial charge < -0.3 is 4.74 Å². The first kappa shape index (κ1) is 13.7. The van der Waals surface area contributed by atoms with Gasteiger partial charge in [-0.25, -0.2) is 4.79 Å². The van der Waals surface area contributed by atoms with Crippen LogP contribution >= 0.6 is 11.6 Å². The number of hydrogen-bond donors (Lipinski definition) is 0. The summed E-state index contributed by atoms with van der Waals surface area (Å²) in [6.07, 6.45) is 3.56. The lowest BCUT2D eigenvalue weighted by Crippen LogP contribution is -1.97. The van der Waals surface area contributed by atoms with E-state index >= 15 is 0 Å².